The van der Waals surface area contributed by atoms with E-state index >= 15 is 0 Å². The Balaban J connectivity index is 1.77. The molecular formula is C18H16Cl2N2O3. The summed E-state index contributed by atoms with van der Waals surface area (Å²) in [7, 11) is 0. The first-order chi connectivity index (χ1) is 12.0. The van der Waals surface area contributed by atoms with Gasteiger partial charge in [-0.2, -0.15) is 0 Å². The highest BCUT2D eigenvalue weighted by atomic mass is 35.5. The van der Waals surface area contributed by atoms with E-state index in [1.807, 2.05) is 26.0 Å². The lowest BCUT2D eigenvalue weighted by molar-refractivity contribution is -0.123. The lowest BCUT2D eigenvalue weighted by Gasteiger charge is -2.14. The van der Waals surface area contributed by atoms with Crippen molar-refractivity contribution in [3.05, 3.63) is 58.1 Å². The molecule has 0 fully saturated rings. The minimum atomic E-state index is -0.296. The smallest absolute Gasteiger partial charge is 0.258 e. The number of nitrogens with zero attached hydrogens (tertiary/aromatic N) is 1. The lowest BCUT2D eigenvalue weighted by Crippen LogP contribution is -2.31. The van der Waals surface area contributed by atoms with Gasteiger partial charge in [-0.1, -0.05) is 23.2 Å². The molecule has 1 atom stereocenters. The zero-order valence-corrected chi connectivity index (χ0v) is 15.2. The highest BCUT2D eigenvalue weighted by Gasteiger charge is 2.16. The third kappa shape index (κ3) is 3.89. The summed E-state index contributed by atoms with van der Waals surface area (Å²) in [5.41, 5.74) is 1.33. The summed E-state index contributed by atoms with van der Waals surface area (Å²) >= 11 is 12.4. The predicted octanol–water partition coefficient (Wildman–Crippen LogP) is 4.70. The molecule has 0 saturated carbocycles. The topological polar surface area (TPSA) is 64.4 Å². The van der Waals surface area contributed by atoms with Gasteiger partial charge in [0.05, 0.1) is 22.4 Å². The van der Waals surface area contributed by atoms with E-state index in [-0.39, 0.29) is 18.6 Å². The monoisotopic (exact) mass is 378 g/mol. The van der Waals surface area contributed by atoms with Crippen molar-refractivity contribution >= 4 is 40.0 Å². The number of furan rings is 1. The molecule has 0 spiro atoms. The van der Waals surface area contributed by atoms with Gasteiger partial charge < -0.3 is 14.5 Å². The summed E-state index contributed by atoms with van der Waals surface area (Å²) in [6, 6.07) is 8.58. The van der Waals surface area contributed by atoms with Gasteiger partial charge in [0.1, 0.15) is 11.3 Å². The Hall–Kier alpha value is -2.24. The standard InChI is InChI=1S/C18H16Cl2N2O3/c1-10-5-6-12-13(19)8-14(20)18(17(12)21-10)25-9-16(23)22-11(2)15-4-3-7-24-15/h3-8,11H,9H2,1-2H3,(H,22,23)/t11-/m1/s1. The Morgan fingerprint density at radius 3 is 2.84 bits per heavy atom. The summed E-state index contributed by atoms with van der Waals surface area (Å²) < 4.78 is 10.9. The first kappa shape index (κ1) is 17.6. The Bertz CT molecular complexity index is 910. The largest absolute Gasteiger partial charge is 0.480 e. The van der Waals surface area contributed by atoms with Crippen molar-refractivity contribution in [3.8, 4) is 5.75 Å². The summed E-state index contributed by atoms with van der Waals surface area (Å²) in [5.74, 6) is 0.710. The fourth-order valence-corrected chi connectivity index (χ4v) is 3.03. The summed E-state index contributed by atoms with van der Waals surface area (Å²) in [4.78, 5) is 16.6. The van der Waals surface area contributed by atoms with Crippen LogP contribution in [0.3, 0.4) is 0 Å². The maximum absolute atomic E-state index is 12.1. The summed E-state index contributed by atoms with van der Waals surface area (Å²) in [5, 5.41) is 4.30. The molecule has 5 nitrogen and oxygen atoms in total. The van der Waals surface area contributed by atoms with Gasteiger partial charge in [-0.05, 0) is 44.2 Å². The number of aromatic nitrogens is 1. The van der Waals surface area contributed by atoms with Gasteiger partial charge in [0.2, 0.25) is 0 Å². The second-order valence-corrected chi connectivity index (χ2v) is 6.43. The second kappa shape index (κ2) is 7.33. The zero-order valence-electron chi connectivity index (χ0n) is 13.7. The third-order valence-corrected chi connectivity index (χ3v) is 4.27. The molecule has 3 rings (SSSR count). The van der Waals surface area contributed by atoms with E-state index in [2.05, 4.69) is 10.3 Å². The number of ether oxygens (including phenoxy) is 1. The second-order valence-electron chi connectivity index (χ2n) is 5.61. The van der Waals surface area contributed by atoms with Gasteiger partial charge >= 0.3 is 0 Å². The first-order valence-corrected chi connectivity index (χ1v) is 8.42. The third-order valence-electron chi connectivity index (χ3n) is 3.67. The molecule has 3 aromatic rings. The molecular weight excluding hydrogens is 363 g/mol. The highest BCUT2D eigenvalue weighted by Crippen LogP contribution is 2.37. The van der Waals surface area contributed by atoms with E-state index in [1.54, 1.807) is 24.5 Å². The SMILES string of the molecule is Cc1ccc2c(Cl)cc(Cl)c(OCC(=O)N[C@H](C)c3ccco3)c2n1. The minimum Gasteiger partial charge on any atom is -0.480 e. The first-order valence-electron chi connectivity index (χ1n) is 7.66. The number of nitrogens with one attached hydrogen (secondary N) is 1. The van der Waals surface area contributed by atoms with Crippen LogP contribution in [0.5, 0.6) is 5.75 Å². The van der Waals surface area contributed by atoms with Crippen molar-refractivity contribution in [2.24, 2.45) is 0 Å². The fraction of sp³-hybridized carbons (Fsp3) is 0.222. The molecule has 7 heteroatoms. The molecule has 2 heterocycles. The van der Waals surface area contributed by atoms with Crippen LogP contribution >= 0.6 is 23.2 Å². The number of hydrogen-bond acceptors (Lipinski definition) is 4. The van der Waals surface area contributed by atoms with Crippen molar-refractivity contribution in [3.63, 3.8) is 0 Å². The number of pyridine rings is 1. The Morgan fingerprint density at radius 2 is 2.12 bits per heavy atom. The van der Waals surface area contributed by atoms with Crippen molar-refractivity contribution in [1.82, 2.24) is 10.3 Å². The van der Waals surface area contributed by atoms with E-state index in [4.69, 9.17) is 32.4 Å². The van der Waals surface area contributed by atoms with Gasteiger partial charge in [0.15, 0.2) is 12.4 Å². The summed E-state index contributed by atoms with van der Waals surface area (Å²) in [6.45, 7) is 3.49. The van der Waals surface area contributed by atoms with Gasteiger partial charge in [-0.3, -0.25) is 4.79 Å². The number of carbonyl (C=O) groups excluding carboxylic acids is 1. The average Bonchev–Trinajstić information content (AvgIpc) is 3.08. The molecule has 0 aliphatic rings. The zero-order chi connectivity index (χ0) is 18.0. The Morgan fingerprint density at radius 1 is 1.32 bits per heavy atom. The number of benzene rings is 1. The molecule has 25 heavy (non-hydrogen) atoms. The maximum atomic E-state index is 12.1. The number of halogens is 2. The molecule has 0 aliphatic heterocycles. The molecule has 130 valence electrons. The van der Waals surface area contributed by atoms with Crippen LogP contribution in [-0.4, -0.2) is 17.5 Å². The van der Waals surface area contributed by atoms with Gasteiger partial charge in [0, 0.05) is 11.1 Å². The van der Waals surface area contributed by atoms with Gasteiger partial charge in [-0.25, -0.2) is 4.98 Å². The molecule has 0 unspecified atom stereocenters. The van der Waals surface area contributed by atoms with Gasteiger partial charge in [-0.15, -0.1) is 0 Å². The number of aryl methyl sites for hydroxylation is 1. The van der Waals surface area contributed by atoms with Crippen LogP contribution in [0.2, 0.25) is 10.0 Å². The lowest BCUT2D eigenvalue weighted by atomic mass is 10.2. The quantitative estimate of drug-likeness (QED) is 0.698. The number of carbonyl (C=O) groups is 1. The molecule has 0 saturated heterocycles. The van der Waals surface area contributed by atoms with E-state index in [9.17, 15) is 4.79 Å². The van der Waals surface area contributed by atoms with Crippen LogP contribution in [-0.2, 0) is 4.79 Å². The van der Waals surface area contributed by atoms with Crippen LogP contribution in [0.4, 0.5) is 0 Å². The van der Waals surface area contributed by atoms with Crippen molar-refractivity contribution in [1.29, 1.82) is 0 Å². The molecule has 0 bridgehead atoms. The van der Waals surface area contributed by atoms with E-state index in [0.29, 0.717) is 27.1 Å². The number of rotatable bonds is 5. The number of fused-ring (bicyclic) bond motifs is 1. The molecule has 1 amide bonds. The van der Waals surface area contributed by atoms with Crippen LogP contribution in [0.15, 0.2) is 41.0 Å². The van der Waals surface area contributed by atoms with E-state index in [1.165, 1.54) is 0 Å². The van der Waals surface area contributed by atoms with E-state index in [0.717, 1.165) is 11.1 Å². The molecule has 0 aliphatic carbocycles. The fourth-order valence-electron chi connectivity index (χ4n) is 2.46. The van der Waals surface area contributed by atoms with Crippen LogP contribution in [0.25, 0.3) is 10.9 Å². The van der Waals surface area contributed by atoms with Crippen molar-refractivity contribution in [2.45, 2.75) is 19.9 Å². The number of hydrogen-bond donors (Lipinski definition) is 1. The predicted molar refractivity (Wildman–Crippen MR) is 97.3 cm³/mol. The molecule has 2 aromatic heterocycles. The molecule has 0 radical (unpaired) electrons. The van der Waals surface area contributed by atoms with E-state index < -0.39 is 0 Å². The molecule has 1 aromatic carbocycles. The maximum Gasteiger partial charge on any atom is 0.258 e. The van der Waals surface area contributed by atoms with Crippen molar-refractivity contribution in [2.75, 3.05) is 6.61 Å². The average molecular weight is 379 g/mol. The Kier molecular flexibility index (Phi) is 5.16. The van der Waals surface area contributed by atoms with Crippen LogP contribution in [0, 0.1) is 6.92 Å². The normalized spacial score (nSPS) is 12.2. The number of amides is 1. The Labute approximate surface area is 154 Å². The van der Waals surface area contributed by atoms with Crippen LogP contribution in [0.1, 0.15) is 24.4 Å². The van der Waals surface area contributed by atoms with Crippen molar-refractivity contribution < 1.29 is 13.9 Å². The van der Waals surface area contributed by atoms with Gasteiger partial charge in [0.25, 0.3) is 5.91 Å². The minimum absolute atomic E-state index is 0.197. The summed E-state index contributed by atoms with van der Waals surface area (Å²) in [6.07, 6.45) is 1.56. The molecule has 1 N–H and O–H groups in total. The highest BCUT2D eigenvalue weighted by molar-refractivity contribution is 6.39. The van der Waals surface area contributed by atoms with Crippen LogP contribution < -0.4 is 10.1 Å².